The van der Waals surface area contributed by atoms with Crippen LogP contribution in [0.4, 0.5) is 11.4 Å². The summed E-state index contributed by atoms with van der Waals surface area (Å²) in [5.41, 5.74) is 1.54. The first-order valence-electron chi connectivity index (χ1n) is 6.91. The predicted octanol–water partition coefficient (Wildman–Crippen LogP) is 3.60. The van der Waals surface area contributed by atoms with Crippen LogP contribution in [0, 0.1) is 22.5 Å². The highest BCUT2D eigenvalue weighted by atomic mass is 16.6. The van der Waals surface area contributed by atoms with Crippen molar-refractivity contribution in [2.45, 2.75) is 40.0 Å². The van der Waals surface area contributed by atoms with E-state index in [1.165, 1.54) is 12.1 Å². The van der Waals surface area contributed by atoms with Crippen molar-refractivity contribution in [3.8, 4) is 0 Å². The zero-order valence-electron chi connectivity index (χ0n) is 12.7. The monoisotopic (exact) mass is 294 g/mol. The van der Waals surface area contributed by atoms with Gasteiger partial charge in [-0.2, -0.15) is 0 Å². The molecule has 0 bridgehead atoms. The summed E-state index contributed by atoms with van der Waals surface area (Å²) in [6.45, 7) is 6.51. The lowest BCUT2D eigenvalue weighted by Crippen LogP contribution is -2.18. The molecule has 1 rings (SSSR count). The molecule has 2 N–H and O–H groups in total. The van der Waals surface area contributed by atoms with E-state index in [-0.39, 0.29) is 17.5 Å². The van der Waals surface area contributed by atoms with Crippen molar-refractivity contribution in [2.24, 2.45) is 5.41 Å². The second kappa shape index (κ2) is 7.06. The van der Waals surface area contributed by atoms with Gasteiger partial charge in [-0.05, 0) is 36.8 Å². The lowest BCUT2D eigenvalue weighted by Gasteiger charge is -2.24. The second-order valence-corrected chi connectivity index (χ2v) is 6.05. The van der Waals surface area contributed by atoms with Crippen LogP contribution >= 0.6 is 0 Å². The van der Waals surface area contributed by atoms with Crippen LogP contribution in [-0.2, 0) is 4.79 Å². The maximum absolute atomic E-state index is 10.8. The molecule has 0 atom stereocenters. The lowest BCUT2D eigenvalue weighted by molar-refractivity contribution is -0.384. The zero-order chi connectivity index (χ0) is 16.0. The number of carboxylic acid groups (broad SMARTS) is 1. The van der Waals surface area contributed by atoms with Gasteiger partial charge in [0.25, 0.3) is 5.69 Å². The summed E-state index contributed by atoms with van der Waals surface area (Å²) in [5, 5.41) is 22.7. The number of carboxylic acids is 1. The molecule has 0 radical (unpaired) electrons. The standard InChI is InChI=1S/C15H22N2O4/c1-11-8-12(10-13(9-11)17(20)21)16-7-6-15(2,3)5-4-14(18)19/h8-10,16H,4-7H2,1-3H3,(H,18,19). The van der Waals surface area contributed by atoms with Crippen molar-refractivity contribution in [1.29, 1.82) is 0 Å². The van der Waals surface area contributed by atoms with E-state index >= 15 is 0 Å². The number of non-ortho nitro benzene ring substituents is 1. The Morgan fingerprint density at radius 1 is 1.33 bits per heavy atom. The average molecular weight is 294 g/mol. The molecule has 0 saturated carbocycles. The molecule has 0 fully saturated rings. The molecule has 0 heterocycles. The third kappa shape index (κ3) is 6.25. The minimum Gasteiger partial charge on any atom is -0.481 e. The topological polar surface area (TPSA) is 92.5 Å². The van der Waals surface area contributed by atoms with Gasteiger partial charge in [-0.3, -0.25) is 14.9 Å². The first-order valence-corrected chi connectivity index (χ1v) is 6.91. The van der Waals surface area contributed by atoms with E-state index in [0.29, 0.717) is 13.0 Å². The number of hydrogen-bond acceptors (Lipinski definition) is 4. The molecule has 0 spiro atoms. The normalized spacial score (nSPS) is 11.2. The van der Waals surface area contributed by atoms with Crippen molar-refractivity contribution in [3.05, 3.63) is 33.9 Å². The molecule has 0 aromatic heterocycles. The first-order chi connectivity index (χ1) is 9.69. The molecule has 0 saturated heterocycles. The Morgan fingerprint density at radius 3 is 2.57 bits per heavy atom. The van der Waals surface area contributed by atoms with E-state index in [0.717, 1.165) is 17.7 Å². The Labute approximate surface area is 124 Å². The largest absolute Gasteiger partial charge is 0.481 e. The van der Waals surface area contributed by atoms with Crippen molar-refractivity contribution < 1.29 is 14.8 Å². The molecule has 0 aliphatic heterocycles. The fraction of sp³-hybridized carbons (Fsp3) is 0.533. The highest BCUT2D eigenvalue weighted by Gasteiger charge is 2.19. The van der Waals surface area contributed by atoms with Crippen molar-refractivity contribution in [2.75, 3.05) is 11.9 Å². The van der Waals surface area contributed by atoms with Gasteiger partial charge in [0.2, 0.25) is 0 Å². The van der Waals surface area contributed by atoms with E-state index in [1.807, 2.05) is 26.8 Å². The van der Waals surface area contributed by atoms with Crippen LogP contribution in [0.1, 0.15) is 38.7 Å². The Kier molecular flexibility index (Phi) is 5.69. The van der Waals surface area contributed by atoms with Crippen LogP contribution in [0.15, 0.2) is 18.2 Å². The van der Waals surface area contributed by atoms with Crippen LogP contribution in [0.3, 0.4) is 0 Å². The molecular weight excluding hydrogens is 272 g/mol. The number of carbonyl (C=O) groups is 1. The van der Waals surface area contributed by atoms with Gasteiger partial charge in [0.1, 0.15) is 0 Å². The molecule has 1 aromatic carbocycles. The smallest absolute Gasteiger partial charge is 0.303 e. The summed E-state index contributed by atoms with van der Waals surface area (Å²) in [7, 11) is 0. The molecule has 6 nitrogen and oxygen atoms in total. The van der Waals surface area contributed by atoms with Crippen LogP contribution in [-0.4, -0.2) is 22.5 Å². The number of benzene rings is 1. The Hall–Kier alpha value is -2.11. The minimum atomic E-state index is -0.787. The summed E-state index contributed by atoms with van der Waals surface area (Å²) in [6.07, 6.45) is 1.56. The van der Waals surface area contributed by atoms with Gasteiger partial charge in [0, 0.05) is 30.8 Å². The summed E-state index contributed by atoms with van der Waals surface area (Å²) < 4.78 is 0. The average Bonchev–Trinajstić information content (AvgIpc) is 2.35. The number of aryl methyl sites for hydroxylation is 1. The van der Waals surface area contributed by atoms with Crippen LogP contribution in [0.2, 0.25) is 0 Å². The molecule has 0 aliphatic carbocycles. The van der Waals surface area contributed by atoms with Crippen molar-refractivity contribution >= 4 is 17.3 Å². The summed E-state index contributed by atoms with van der Waals surface area (Å²) >= 11 is 0. The third-order valence-electron chi connectivity index (χ3n) is 3.42. The molecule has 0 amide bonds. The van der Waals surface area contributed by atoms with Crippen LogP contribution in [0.25, 0.3) is 0 Å². The van der Waals surface area contributed by atoms with Crippen LogP contribution in [0.5, 0.6) is 0 Å². The summed E-state index contributed by atoms with van der Waals surface area (Å²) in [5.74, 6) is -0.787. The Bertz CT molecular complexity index is 526. The quantitative estimate of drug-likeness (QED) is 0.564. The molecule has 0 unspecified atom stereocenters. The van der Waals surface area contributed by atoms with E-state index in [1.54, 1.807) is 0 Å². The van der Waals surface area contributed by atoms with Gasteiger partial charge < -0.3 is 10.4 Å². The molecule has 6 heteroatoms. The van der Waals surface area contributed by atoms with E-state index < -0.39 is 10.9 Å². The van der Waals surface area contributed by atoms with Gasteiger partial charge in [-0.1, -0.05) is 13.8 Å². The number of hydrogen-bond donors (Lipinski definition) is 2. The van der Waals surface area contributed by atoms with E-state index in [4.69, 9.17) is 5.11 Å². The van der Waals surface area contributed by atoms with Crippen molar-refractivity contribution in [3.63, 3.8) is 0 Å². The third-order valence-corrected chi connectivity index (χ3v) is 3.42. The van der Waals surface area contributed by atoms with E-state index in [9.17, 15) is 14.9 Å². The maximum Gasteiger partial charge on any atom is 0.303 e. The lowest BCUT2D eigenvalue weighted by atomic mass is 9.84. The number of anilines is 1. The molecule has 21 heavy (non-hydrogen) atoms. The number of nitro groups is 1. The first kappa shape index (κ1) is 16.9. The van der Waals surface area contributed by atoms with Crippen molar-refractivity contribution in [1.82, 2.24) is 0 Å². The molecule has 1 aromatic rings. The fourth-order valence-electron chi connectivity index (χ4n) is 2.09. The Balaban J connectivity index is 2.55. The predicted molar refractivity (Wildman–Crippen MR) is 81.6 cm³/mol. The number of nitrogens with one attached hydrogen (secondary N) is 1. The second-order valence-electron chi connectivity index (χ2n) is 6.05. The van der Waals surface area contributed by atoms with Crippen LogP contribution < -0.4 is 5.32 Å². The van der Waals surface area contributed by atoms with Gasteiger partial charge in [-0.25, -0.2) is 0 Å². The number of aliphatic carboxylic acids is 1. The zero-order valence-corrected chi connectivity index (χ0v) is 12.7. The summed E-state index contributed by atoms with van der Waals surface area (Å²) in [4.78, 5) is 21.0. The van der Waals surface area contributed by atoms with E-state index in [2.05, 4.69) is 5.32 Å². The number of rotatable bonds is 8. The minimum absolute atomic E-state index is 0.0719. The Morgan fingerprint density at radius 2 is 2.00 bits per heavy atom. The summed E-state index contributed by atoms with van der Waals surface area (Å²) in [6, 6.07) is 4.90. The highest BCUT2D eigenvalue weighted by Crippen LogP contribution is 2.27. The maximum atomic E-state index is 10.8. The SMILES string of the molecule is Cc1cc(NCCC(C)(C)CCC(=O)O)cc([N+](=O)[O-])c1. The fourth-order valence-corrected chi connectivity index (χ4v) is 2.09. The number of nitrogens with zero attached hydrogens (tertiary/aromatic N) is 1. The van der Waals surface area contributed by atoms with Gasteiger partial charge >= 0.3 is 5.97 Å². The number of nitro benzene ring substituents is 1. The van der Waals surface area contributed by atoms with Gasteiger partial charge in [-0.15, -0.1) is 0 Å². The highest BCUT2D eigenvalue weighted by molar-refractivity contribution is 5.66. The van der Waals surface area contributed by atoms with Gasteiger partial charge in [0.05, 0.1) is 4.92 Å². The molecule has 0 aliphatic rings. The molecule has 116 valence electrons. The van der Waals surface area contributed by atoms with Gasteiger partial charge in [0.15, 0.2) is 0 Å². The molecular formula is C15H22N2O4.